The Morgan fingerprint density at radius 3 is 2.13 bits per heavy atom. The molecule has 4 aromatic carbocycles. The van der Waals surface area contributed by atoms with Crippen LogP contribution >= 0.6 is 0 Å². The Morgan fingerprint density at radius 2 is 1.30 bits per heavy atom. The third-order valence-electron chi connectivity index (χ3n) is 6.30. The van der Waals surface area contributed by atoms with Crippen LogP contribution in [0.1, 0.15) is 32.6 Å². The van der Waals surface area contributed by atoms with Gasteiger partial charge in [-0.05, 0) is 46.9 Å². The summed E-state index contributed by atoms with van der Waals surface area (Å²) in [6, 6.07) is 31.2. The van der Waals surface area contributed by atoms with Crippen LogP contribution in [0.15, 0.2) is 97.1 Å². The highest BCUT2D eigenvalue weighted by Gasteiger charge is 2.52. The summed E-state index contributed by atoms with van der Waals surface area (Å²) in [5.74, 6) is -0.188. The Labute approximate surface area is 174 Å². The Hall–Kier alpha value is -3.69. The summed E-state index contributed by atoms with van der Waals surface area (Å²) in [6.45, 7) is 0. The van der Waals surface area contributed by atoms with Crippen LogP contribution in [0.5, 0.6) is 0 Å². The van der Waals surface area contributed by atoms with Gasteiger partial charge in [0, 0.05) is 22.4 Å². The SMILES string of the molecule is O=C1c2ccccc2C(O)(c2cccc3c2Cc2ccccc2-3)N1c1ccccc1. The van der Waals surface area contributed by atoms with Crippen LogP contribution in [-0.4, -0.2) is 11.0 Å². The average Bonchev–Trinajstić information content (AvgIpc) is 3.28. The zero-order valence-electron chi connectivity index (χ0n) is 16.2. The van der Waals surface area contributed by atoms with Crippen LogP contribution in [0.3, 0.4) is 0 Å². The maximum atomic E-state index is 13.5. The molecule has 0 saturated carbocycles. The topological polar surface area (TPSA) is 40.5 Å². The highest BCUT2D eigenvalue weighted by Crippen LogP contribution is 2.49. The van der Waals surface area contributed by atoms with E-state index in [9.17, 15) is 9.90 Å². The van der Waals surface area contributed by atoms with E-state index in [0.29, 0.717) is 16.8 Å². The van der Waals surface area contributed by atoms with E-state index in [2.05, 4.69) is 18.2 Å². The molecule has 144 valence electrons. The van der Waals surface area contributed by atoms with Crippen LogP contribution < -0.4 is 4.90 Å². The van der Waals surface area contributed by atoms with Crippen molar-refractivity contribution in [3.05, 3.63) is 125 Å². The maximum Gasteiger partial charge on any atom is 0.261 e. The van der Waals surface area contributed by atoms with Crippen molar-refractivity contribution < 1.29 is 9.90 Å². The molecule has 3 heteroatoms. The van der Waals surface area contributed by atoms with Crippen LogP contribution in [0.2, 0.25) is 0 Å². The summed E-state index contributed by atoms with van der Waals surface area (Å²) in [5, 5.41) is 12.3. The second-order valence-corrected chi connectivity index (χ2v) is 7.86. The highest BCUT2D eigenvalue weighted by atomic mass is 16.3. The lowest BCUT2D eigenvalue weighted by atomic mass is 9.88. The van der Waals surface area contributed by atoms with Crippen molar-refractivity contribution >= 4 is 11.6 Å². The fourth-order valence-corrected chi connectivity index (χ4v) is 4.99. The predicted octanol–water partition coefficient (Wildman–Crippen LogP) is 5.11. The van der Waals surface area contributed by atoms with Gasteiger partial charge in [-0.2, -0.15) is 0 Å². The van der Waals surface area contributed by atoms with Crippen molar-refractivity contribution in [2.75, 3.05) is 4.90 Å². The van der Waals surface area contributed by atoms with Crippen LogP contribution in [0.4, 0.5) is 5.69 Å². The Kier molecular flexibility index (Phi) is 3.53. The third kappa shape index (κ3) is 2.15. The van der Waals surface area contributed by atoms with Gasteiger partial charge in [-0.25, -0.2) is 0 Å². The molecule has 1 amide bonds. The minimum Gasteiger partial charge on any atom is -0.363 e. The van der Waals surface area contributed by atoms with Crippen LogP contribution in [0.25, 0.3) is 11.1 Å². The lowest BCUT2D eigenvalue weighted by Gasteiger charge is -2.36. The van der Waals surface area contributed by atoms with Gasteiger partial charge < -0.3 is 5.11 Å². The fourth-order valence-electron chi connectivity index (χ4n) is 4.99. The molecule has 0 spiro atoms. The van der Waals surface area contributed by atoms with Gasteiger partial charge in [0.1, 0.15) is 0 Å². The number of para-hydroxylation sites is 1. The number of aliphatic hydroxyl groups is 1. The highest BCUT2D eigenvalue weighted by molar-refractivity contribution is 6.12. The predicted molar refractivity (Wildman–Crippen MR) is 117 cm³/mol. The Bertz CT molecular complexity index is 1310. The molecule has 6 rings (SSSR count). The fraction of sp³-hybridized carbons (Fsp3) is 0.0741. The number of fused-ring (bicyclic) bond motifs is 4. The molecule has 0 bridgehead atoms. The van der Waals surface area contributed by atoms with Gasteiger partial charge >= 0.3 is 0 Å². The molecular weight excluding hydrogens is 370 g/mol. The molecule has 4 aromatic rings. The minimum absolute atomic E-state index is 0.188. The van der Waals surface area contributed by atoms with E-state index in [0.717, 1.165) is 23.1 Å². The number of carbonyl (C=O) groups is 1. The van der Waals surface area contributed by atoms with E-state index in [1.807, 2.05) is 72.8 Å². The number of anilines is 1. The first-order chi connectivity index (χ1) is 14.7. The standard InChI is InChI=1S/C27H19NO2/c29-26-22-13-6-7-15-24(22)27(30,28(26)19-10-2-1-3-11-19)25-16-8-14-21-20-12-5-4-9-18(20)17-23(21)25/h1-16,30H,17H2. The molecule has 0 fully saturated rings. The average molecular weight is 389 g/mol. The zero-order valence-corrected chi connectivity index (χ0v) is 16.2. The van der Waals surface area contributed by atoms with E-state index < -0.39 is 5.72 Å². The summed E-state index contributed by atoms with van der Waals surface area (Å²) in [7, 11) is 0. The van der Waals surface area contributed by atoms with Gasteiger partial charge in [0.2, 0.25) is 0 Å². The first kappa shape index (κ1) is 17.2. The second kappa shape index (κ2) is 6.15. The molecule has 0 radical (unpaired) electrons. The molecule has 1 aliphatic carbocycles. The van der Waals surface area contributed by atoms with E-state index in [1.165, 1.54) is 16.0 Å². The van der Waals surface area contributed by atoms with Gasteiger partial charge in [-0.15, -0.1) is 0 Å². The maximum absolute atomic E-state index is 13.5. The lowest BCUT2D eigenvalue weighted by molar-refractivity contribution is 0.0699. The minimum atomic E-state index is -1.57. The quantitative estimate of drug-likeness (QED) is 0.456. The van der Waals surface area contributed by atoms with E-state index >= 15 is 0 Å². The number of rotatable bonds is 2. The Balaban J connectivity index is 1.64. The first-order valence-corrected chi connectivity index (χ1v) is 10.1. The summed E-state index contributed by atoms with van der Waals surface area (Å²) in [6.07, 6.45) is 0.739. The summed E-state index contributed by atoms with van der Waals surface area (Å²) >= 11 is 0. The van der Waals surface area contributed by atoms with Crippen LogP contribution in [0, 0.1) is 0 Å². The molecule has 1 heterocycles. The zero-order chi connectivity index (χ0) is 20.3. The molecule has 1 unspecified atom stereocenters. The second-order valence-electron chi connectivity index (χ2n) is 7.86. The summed E-state index contributed by atoms with van der Waals surface area (Å²) < 4.78 is 0. The van der Waals surface area contributed by atoms with Gasteiger partial charge in [0.25, 0.3) is 5.91 Å². The molecule has 1 aliphatic heterocycles. The lowest BCUT2D eigenvalue weighted by Crippen LogP contribution is -2.45. The first-order valence-electron chi connectivity index (χ1n) is 10.1. The molecule has 2 aliphatic rings. The normalized spacial score (nSPS) is 18.8. The number of benzene rings is 4. The largest absolute Gasteiger partial charge is 0.363 e. The van der Waals surface area contributed by atoms with Crippen molar-refractivity contribution in [1.29, 1.82) is 0 Å². The molecular formula is C27H19NO2. The van der Waals surface area contributed by atoms with Gasteiger partial charge in [0.15, 0.2) is 5.72 Å². The van der Waals surface area contributed by atoms with E-state index in [4.69, 9.17) is 0 Å². The molecule has 1 N–H and O–H groups in total. The van der Waals surface area contributed by atoms with Crippen molar-refractivity contribution in [3.8, 4) is 11.1 Å². The van der Waals surface area contributed by atoms with Crippen molar-refractivity contribution in [1.82, 2.24) is 0 Å². The number of amides is 1. The van der Waals surface area contributed by atoms with Crippen LogP contribution in [-0.2, 0) is 12.1 Å². The monoisotopic (exact) mass is 389 g/mol. The molecule has 1 atom stereocenters. The third-order valence-corrected chi connectivity index (χ3v) is 6.30. The molecule has 3 nitrogen and oxygen atoms in total. The smallest absolute Gasteiger partial charge is 0.261 e. The number of hydrogen-bond donors (Lipinski definition) is 1. The van der Waals surface area contributed by atoms with Crippen molar-refractivity contribution in [3.63, 3.8) is 0 Å². The van der Waals surface area contributed by atoms with E-state index in [1.54, 1.807) is 6.07 Å². The Morgan fingerprint density at radius 1 is 0.667 bits per heavy atom. The number of hydrogen-bond acceptors (Lipinski definition) is 2. The molecule has 0 saturated heterocycles. The van der Waals surface area contributed by atoms with Crippen molar-refractivity contribution in [2.24, 2.45) is 0 Å². The summed E-state index contributed by atoms with van der Waals surface area (Å²) in [5.41, 5.74) is 5.68. The van der Waals surface area contributed by atoms with Gasteiger partial charge in [0.05, 0.1) is 0 Å². The number of carbonyl (C=O) groups excluding carboxylic acids is 1. The van der Waals surface area contributed by atoms with Gasteiger partial charge in [-0.1, -0.05) is 78.9 Å². The number of nitrogens with zero attached hydrogens (tertiary/aromatic N) is 1. The van der Waals surface area contributed by atoms with Gasteiger partial charge in [-0.3, -0.25) is 9.69 Å². The summed E-state index contributed by atoms with van der Waals surface area (Å²) in [4.78, 5) is 15.0. The molecule has 30 heavy (non-hydrogen) atoms. The van der Waals surface area contributed by atoms with E-state index in [-0.39, 0.29) is 5.91 Å². The molecule has 0 aromatic heterocycles. The van der Waals surface area contributed by atoms with Crippen molar-refractivity contribution in [2.45, 2.75) is 12.1 Å².